The van der Waals surface area contributed by atoms with Gasteiger partial charge in [-0.3, -0.25) is 4.99 Å². The first-order chi connectivity index (χ1) is 13.0. The summed E-state index contributed by atoms with van der Waals surface area (Å²) in [5.41, 5.74) is 1.10. The highest BCUT2D eigenvalue weighted by Gasteiger charge is 2.22. The van der Waals surface area contributed by atoms with E-state index in [1.54, 1.807) is 33.2 Å². The molecule has 0 aliphatic heterocycles. The Morgan fingerprint density at radius 1 is 1.07 bits per heavy atom. The summed E-state index contributed by atoms with van der Waals surface area (Å²) in [6.07, 6.45) is 0. The quantitative estimate of drug-likeness (QED) is 0.344. The molecule has 1 atom stereocenters. The molecule has 0 spiro atoms. The Hall–Kier alpha value is -1.94. The average molecular weight is 504 g/mol. The summed E-state index contributed by atoms with van der Waals surface area (Å²) in [4.78, 5) is 5.94. The van der Waals surface area contributed by atoms with Gasteiger partial charge in [0.1, 0.15) is 17.4 Å². The minimum absolute atomic E-state index is 0. The Morgan fingerprint density at radius 3 is 2.18 bits per heavy atom. The normalized spacial score (nSPS) is 12.3. The Kier molecular flexibility index (Phi) is 10.2. The number of nitrogens with one attached hydrogen (secondary N) is 2. The lowest BCUT2D eigenvalue weighted by Crippen LogP contribution is -2.41. The molecule has 28 heavy (non-hydrogen) atoms. The zero-order chi connectivity index (χ0) is 19.8. The van der Waals surface area contributed by atoms with Gasteiger partial charge in [-0.1, -0.05) is 18.2 Å². The fraction of sp³-hybridized carbons (Fsp3) is 0.350. The van der Waals surface area contributed by atoms with E-state index < -0.39 is 17.7 Å². The first kappa shape index (κ1) is 24.1. The van der Waals surface area contributed by atoms with Crippen LogP contribution in [0, 0.1) is 11.6 Å². The molecular formula is C20H27F2IN4O. The summed E-state index contributed by atoms with van der Waals surface area (Å²) >= 11 is 0. The number of methoxy groups -OCH3 is 1. The van der Waals surface area contributed by atoms with Crippen molar-refractivity contribution >= 4 is 29.9 Å². The van der Waals surface area contributed by atoms with Gasteiger partial charge in [-0.05, 0) is 43.9 Å². The summed E-state index contributed by atoms with van der Waals surface area (Å²) in [6.45, 7) is 0.859. The molecule has 2 aromatic rings. The molecule has 2 N–H and O–H groups in total. The maximum Gasteiger partial charge on any atom is 0.191 e. The molecule has 0 aromatic heterocycles. The van der Waals surface area contributed by atoms with Gasteiger partial charge in [0.05, 0.1) is 13.2 Å². The van der Waals surface area contributed by atoms with Gasteiger partial charge >= 0.3 is 0 Å². The van der Waals surface area contributed by atoms with Crippen LogP contribution in [-0.2, 0) is 6.54 Å². The molecule has 2 rings (SSSR count). The molecule has 154 valence electrons. The van der Waals surface area contributed by atoms with Crippen molar-refractivity contribution in [3.8, 4) is 5.75 Å². The molecular weight excluding hydrogens is 477 g/mol. The first-order valence-corrected chi connectivity index (χ1v) is 8.64. The van der Waals surface area contributed by atoms with Crippen LogP contribution in [0.25, 0.3) is 0 Å². The van der Waals surface area contributed by atoms with E-state index in [2.05, 4.69) is 15.6 Å². The molecule has 0 fully saturated rings. The SMILES string of the molecule is CN=C(NCc1ccc(OC)cc1)NCC(c1c(F)cccc1F)N(C)C.I. The van der Waals surface area contributed by atoms with Gasteiger partial charge in [0.15, 0.2) is 5.96 Å². The van der Waals surface area contributed by atoms with Crippen LogP contribution in [0.4, 0.5) is 8.78 Å². The van der Waals surface area contributed by atoms with Crippen molar-refractivity contribution in [3.63, 3.8) is 0 Å². The maximum atomic E-state index is 14.1. The smallest absolute Gasteiger partial charge is 0.191 e. The third-order valence-electron chi connectivity index (χ3n) is 4.26. The van der Waals surface area contributed by atoms with Crippen molar-refractivity contribution in [2.75, 3.05) is 34.8 Å². The van der Waals surface area contributed by atoms with Gasteiger partial charge in [-0.25, -0.2) is 8.78 Å². The lowest BCUT2D eigenvalue weighted by Gasteiger charge is -2.26. The standard InChI is InChI=1S/C20H26F2N4O.HI/c1-23-20(24-12-14-8-10-15(27-4)11-9-14)25-13-18(26(2)3)19-16(21)6-5-7-17(19)22;/h5-11,18H,12-13H2,1-4H3,(H2,23,24,25);1H. The number of hydrogen-bond acceptors (Lipinski definition) is 3. The minimum Gasteiger partial charge on any atom is -0.497 e. The molecule has 0 saturated heterocycles. The van der Waals surface area contributed by atoms with Gasteiger partial charge in [0, 0.05) is 25.7 Å². The molecule has 0 amide bonds. The number of hydrogen-bond donors (Lipinski definition) is 2. The van der Waals surface area contributed by atoms with Crippen LogP contribution in [0.15, 0.2) is 47.5 Å². The molecule has 2 aromatic carbocycles. The van der Waals surface area contributed by atoms with Crippen molar-refractivity contribution in [1.82, 2.24) is 15.5 Å². The number of halogens is 3. The number of nitrogens with zero attached hydrogens (tertiary/aromatic N) is 2. The zero-order valence-corrected chi connectivity index (χ0v) is 18.8. The van der Waals surface area contributed by atoms with Crippen molar-refractivity contribution in [2.24, 2.45) is 4.99 Å². The topological polar surface area (TPSA) is 48.9 Å². The van der Waals surface area contributed by atoms with Crippen LogP contribution in [0.1, 0.15) is 17.2 Å². The Labute approximate surface area is 182 Å². The van der Waals surface area contributed by atoms with E-state index in [1.165, 1.54) is 18.2 Å². The first-order valence-electron chi connectivity index (χ1n) is 8.64. The molecule has 0 saturated carbocycles. The highest BCUT2D eigenvalue weighted by atomic mass is 127. The van der Waals surface area contributed by atoms with Crippen LogP contribution in [-0.4, -0.2) is 45.7 Å². The molecule has 0 radical (unpaired) electrons. The van der Waals surface area contributed by atoms with Crippen LogP contribution >= 0.6 is 24.0 Å². The maximum absolute atomic E-state index is 14.1. The number of rotatable bonds is 7. The summed E-state index contributed by atoms with van der Waals surface area (Å²) in [6, 6.07) is 11.1. The number of ether oxygens (including phenoxy) is 1. The van der Waals surface area contributed by atoms with E-state index in [9.17, 15) is 8.78 Å². The van der Waals surface area contributed by atoms with Gasteiger partial charge < -0.3 is 20.3 Å². The second-order valence-electron chi connectivity index (χ2n) is 6.27. The van der Waals surface area contributed by atoms with E-state index in [0.29, 0.717) is 19.0 Å². The Morgan fingerprint density at radius 2 is 1.68 bits per heavy atom. The Bertz CT molecular complexity index is 749. The van der Waals surface area contributed by atoms with E-state index in [-0.39, 0.29) is 29.5 Å². The third-order valence-corrected chi connectivity index (χ3v) is 4.26. The molecule has 0 aliphatic carbocycles. The molecule has 8 heteroatoms. The summed E-state index contributed by atoms with van der Waals surface area (Å²) in [5.74, 6) is 0.227. The number of aliphatic imine (C=N–C) groups is 1. The second-order valence-corrected chi connectivity index (χ2v) is 6.27. The van der Waals surface area contributed by atoms with Crippen molar-refractivity contribution < 1.29 is 13.5 Å². The molecule has 5 nitrogen and oxygen atoms in total. The second kappa shape index (κ2) is 11.8. The van der Waals surface area contributed by atoms with Crippen LogP contribution in [0.2, 0.25) is 0 Å². The number of benzene rings is 2. The van der Waals surface area contributed by atoms with Crippen LogP contribution in [0.3, 0.4) is 0 Å². The summed E-state index contributed by atoms with van der Waals surface area (Å²) in [7, 11) is 6.84. The predicted octanol–water partition coefficient (Wildman–Crippen LogP) is 3.56. The van der Waals surface area contributed by atoms with E-state index >= 15 is 0 Å². The Balaban J connectivity index is 0.00000392. The molecule has 0 bridgehead atoms. The average Bonchev–Trinajstić information content (AvgIpc) is 2.66. The molecule has 0 aliphatic rings. The van der Waals surface area contributed by atoms with Crippen LogP contribution < -0.4 is 15.4 Å². The van der Waals surface area contributed by atoms with Crippen molar-refractivity contribution in [2.45, 2.75) is 12.6 Å². The lowest BCUT2D eigenvalue weighted by molar-refractivity contribution is 0.282. The largest absolute Gasteiger partial charge is 0.497 e. The zero-order valence-electron chi connectivity index (χ0n) is 16.5. The highest BCUT2D eigenvalue weighted by Crippen LogP contribution is 2.23. The fourth-order valence-electron chi connectivity index (χ4n) is 2.72. The summed E-state index contributed by atoms with van der Waals surface area (Å²) < 4.78 is 33.4. The number of likely N-dealkylation sites (N-methyl/N-ethyl adjacent to an activating group) is 1. The summed E-state index contributed by atoms with van der Waals surface area (Å²) in [5, 5.41) is 6.33. The molecule has 0 heterocycles. The lowest BCUT2D eigenvalue weighted by atomic mass is 10.0. The van der Waals surface area contributed by atoms with E-state index in [4.69, 9.17) is 4.74 Å². The minimum atomic E-state index is -0.559. The van der Waals surface area contributed by atoms with Gasteiger partial charge in [0.25, 0.3) is 0 Å². The van der Waals surface area contributed by atoms with Gasteiger partial charge in [-0.15, -0.1) is 24.0 Å². The van der Waals surface area contributed by atoms with E-state index in [0.717, 1.165) is 11.3 Å². The van der Waals surface area contributed by atoms with E-state index in [1.807, 2.05) is 24.3 Å². The fourth-order valence-corrected chi connectivity index (χ4v) is 2.72. The van der Waals surface area contributed by atoms with Gasteiger partial charge in [0.2, 0.25) is 0 Å². The highest BCUT2D eigenvalue weighted by molar-refractivity contribution is 14.0. The van der Waals surface area contributed by atoms with Crippen molar-refractivity contribution in [3.05, 3.63) is 65.2 Å². The monoisotopic (exact) mass is 504 g/mol. The van der Waals surface area contributed by atoms with Gasteiger partial charge in [-0.2, -0.15) is 0 Å². The predicted molar refractivity (Wildman–Crippen MR) is 119 cm³/mol. The molecule has 1 unspecified atom stereocenters. The van der Waals surface area contributed by atoms with Crippen LogP contribution in [0.5, 0.6) is 5.75 Å². The van der Waals surface area contributed by atoms with Crippen molar-refractivity contribution in [1.29, 1.82) is 0 Å². The third kappa shape index (κ3) is 6.59. The number of guanidine groups is 1.